The van der Waals surface area contributed by atoms with E-state index in [1.54, 1.807) is 60.7 Å². The van der Waals surface area contributed by atoms with Crippen molar-refractivity contribution in [2.45, 2.75) is 18.7 Å². The van der Waals surface area contributed by atoms with Gasteiger partial charge in [0.05, 0.1) is 22.9 Å². The van der Waals surface area contributed by atoms with Crippen LogP contribution in [-0.4, -0.2) is 26.5 Å². The Labute approximate surface area is 187 Å². The first-order valence-corrected chi connectivity index (χ1v) is 11.6. The number of ether oxygens (including phenoxy) is 1. The van der Waals surface area contributed by atoms with Crippen LogP contribution in [0.25, 0.3) is 0 Å². The molecule has 0 atom stereocenters. The van der Waals surface area contributed by atoms with Crippen LogP contribution < -0.4 is 10.1 Å². The van der Waals surface area contributed by atoms with Gasteiger partial charge in [-0.2, -0.15) is 12.8 Å². The van der Waals surface area contributed by atoms with Gasteiger partial charge in [-0.25, -0.2) is 0 Å². The number of sulfonamides is 1. The SMILES string of the molecule is CCOc1ccc(NC2=C/C(=N/S(=O)(=O)c3ccc(C)cc3)c3ccccc3C2=O)cc1. The number of nitrogens with one attached hydrogen (secondary N) is 1. The highest BCUT2D eigenvalue weighted by atomic mass is 32.2. The van der Waals surface area contributed by atoms with E-state index >= 15 is 0 Å². The molecule has 0 radical (unpaired) electrons. The zero-order chi connectivity index (χ0) is 22.7. The van der Waals surface area contributed by atoms with Crippen molar-refractivity contribution in [1.82, 2.24) is 0 Å². The number of benzene rings is 3. The van der Waals surface area contributed by atoms with Crippen LogP contribution in [0.5, 0.6) is 5.75 Å². The Morgan fingerprint density at radius 2 is 1.56 bits per heavy atom. The maximum absolute atomic E-state index is 13.0. The molecule has 0 saturated carbocycles. The van der Waals surface area contributed by atoms with Gasteiger partial charge in [-0.1, -0.05) is 42.0 Å². The third kappa shape index (κ3) is 4.48. The van der Waals surface area contributed by atoms with Crippen molar-refractivity contribution in [2.24, 2.45) is 4.40 Å². The summed E-state index contributed by atoms with van der Waals surface area (Å²) >= 11 is 0. The number of carbonyl (C=O) groups is 1. The molecular formula is C25H22N2O4S. The van der Waals surface area contributed by atoms with Crippen LogP contribution in [0.15, 0.2) is 93.9 Å². The fraction of sp³-hybridized carbons (Fsp3) is 0.120. The lowest BCUT2D eigenvalue weighted by Gasteiger charge is -2.19. The van der Waals surface area contributed by atoms with E-state index in [4.69, 9.17) is 4.74 Å². The number of allylic oxidation sites excluding steroid dienone is 2. The maximum Gasteiger partial charge on any atom is 0.282 e. The molecule has 4 rings (SSSR count). The first kappa shape index (κ1) is 21.5. The first-order chi connectivity index (χ1) is 15.4. The Morgan fingerprint density at radius 1 is 0.906 bits per heavy atom. The third-order valence-electron chi connectivity index (χ3n) is 4.96. The van der Waals surface area contributed by atoms with Crippen molar-refractivity contribution in [1.29, 1.82) is 0 Å². The fourth-order valence-corrected chi connectivity index (χ4v) is 4.34. The van der Waals surface area contributed by atoms with Crippen LogP contribution in [0.2, 0.25) is 0 Å². The molecule has 0 saturated heterocycles. The summed E-state index contributed by atoms with van der Waals surface area (Å²) in [5.41, 5.74) is 2.94. The van der Waals surface area contributed by atoms with E-state index in [0.29, 0.717) is 23.4 Å². The summed E-state index contributed by atoms with van der Waals surface area (Å²) in [6.07, 6.45) is 1.48. The van der Waals surface area contributed by atoms with Gasteiger partial charge in [0.2, 0.25) is 5.78 Å². The second-order valence-electron chi connectivity index (χ2n) is 7.28. The molecule has 0 aliphatic heterocycles. The number of Topliss-reactive ketones (excluding diaryl/α,β-unsaturated/α-hetero) is 1. The smallest absolute Gasteiger partial charge is 0.282 e. The molecule has 0 unspecified atom stereocenters. The molecule has 0 aromatic heterocycles. The van der Waals surface area contributed by atoms with E-state index in [9.17, 15) is 13.2 Å². The summed E-state index contributed by atoms with van der Waals surface area (Å²) in [6, 6.07) is 20.5. The summed E-state index contributed by atoms with van der Waals surface area (Å²) in [4.78, 5) is 13.1. The monoisotopic (exact) mass is 446 g/mol. The molecule has 3 aromatic carbocycles. The molecule has 7 heteroatoms. The molecule has 0 spiro atoms. The molecule has 0 bridgehead atoms. The molecule has 1 aliphatic rings. The normalized spacial score (nSPS) is 14.6. The van der Waals surface area contributed by atoms with Crippen molar-refractivity contribution in [3.63, 3.8) is 0 Å². The van der Waals surface area contributed by atoms with E-state index in [1.807, 2.05) is 13.8 Å². The van der Waals surface area contributed by atoms with Crippen LogP contribution in [0.4, 0.5) is 5.69 Å². The molecule has 6 nitrogen and oxygen atoms in total. The Balaban J connectivity index is 1.74. The molecule has 1 N–H and O–H groups in total. The summed E-state index contributed by atoms with van der Waals surface area (Å²) in [6.45, 7) is 4.34. The Kier molecular flexibility index (Phi) is 5.92. The molecular weight excluding hydrogens is 424 g/mol. The topological polar surface area (TPSA) is 84.8 Å². The van der Waals surface area contributed by atoms with Gasteiger partial charge in [0.1, 0.15) is 5.75 Å². The lowest BCUT2D eigenvalue weighted by molar-refractivity contribution is 0.103. The summed E-state index contributed by atoms with van der Waals surface area (Å²) < 4.78 is 35.4. The second-order valence-corrected chi connectivity index (χ2v) is 8.88. The predicted molar refractivity (Wildman–Crippen MR) is 125 cm³/mol. The van der Waals surface area contributed by atoms with E-state index in [1.165, 1.54) is 18.2 Å². The van der Waals surface area contributed by atoms with Crippen molar-refractivity contribution >= 4 is 27.2 Å². The standard InChI is InChI=1S/C25H22N2O4S/c1-3-31-19-12-10-18(11-13-19)26-24-16-23(21-6-4-5-7-22(21)25(24)28)27-32(29,30)20-14-8-17(2)9-15-20/h4-16,26H,3H2,1-2H3/b27-23-. The zero-order valence-corrected chi connectivity index (χ0v) is 18.5. The number of hydrogen-bond acceptors (Lipinski definition) is 5. The quantitative estimate of drug-likeness (QED) is 0.590. The second kappa shape index (κ2) is 8.80. The number of aryl methyl sites for hydroxylation is 1. The minimum atomic E-state index is -3.96. The van der Waals surface area contributed by atoms with Crippen molar-refractivity contribution < 1.29 is 17.9 Å². The number of anilines is 1. The number of nitrogens with zero attached hydrogens (tertiary/aromatic N) is 1. The van der Waals surface area contributed by atoms with Crippen LogP contribution in [0.3, 0.4) is 0 Å². The van der Waals surface area contributed by atoms with E-state index in [2.05, 4.69) is 9.71 Å². The molecule has 0 heterocycles. The molecule has 162 valence electrons. The highest BCUT2D eigenvalue weighted by Gasteiger charge is 2.26. The fourth-order valence-electron chi connectivity index (χ4n) is 3.35. The van der Waals surface area contributed by atoms with Crippen LogP contribution >= 0.6 is 0 Å². The van der Waals surface area contributed by atoms with Crippen molar-refractivity contribution in [3.8, 4) is 5.75 Å². The van der Waals surface area contributed by atoms with Crippen LogP contribution in [0.1, 0.15) is 28.4 Å². The van der Waals surface area contributed by atoms with Crippen LogP contribution in [0, 0.1) is 6.92 Å². The van der Waals surface area contributed by atoms with Gasteiger partial charge >= 0.3 is 0 Å². The lowest BCUT2D eigenvalue weighted by Crippen LogP contribution is -2.22. The Morgan fingerprint density at radius 3 is 2.22 bits per heavy atom. The van der Waals surface area contributed by atoms with E-state index < -0.39 is 10.0 Å². The maximum atomic E-state index is 13.0. The summed E-state index contributed by atoms with van der Waals surface area (Å²) in [5, 5.41) is 3.08. The molecule has 1 aliphatic carbocycles. The number of fused-ring (bicyclic) bond motifs is 1. The molecule has 0 fully saturated rings. The predicted octanol–water partition coefficient (Wildman–Crippen LogP) is 4.76. The largest absolute Gasteiger partial charge is 0.494 e. The van der Waals surface area contributed by atoms with E-state index in [0.717, 1.165) is 11.3 Å². The molecule has 0 amide bonds. The highest BCUT2D eigenvalue weighted by molar-refractivity contribution is 7.90. The van der Waals surface area contributed by atoms with Crippen LogP contribution in [-0.2, 0) is 10.0 Å². The minimum Gasteiger partial charge on any atom is -0.494 e. The van der Waals surface area contributed by atoms with Gasteiger partial charge in [-0.15, -0.1) is 0 Å². The average molecular weight is 447 g/mol. The molecule has 3 aromatic rings. The number of hydrogen-bond donors (Lipinski definition) is 1. The van der Waals surface area contributed by atoms with Gasteiger partial charge in [-0.3, -0.25) is 4.79 Å². The van der Waals surface area contributed by atoms with E-state index in [-0.39, 0.29) is 22.1 Å². The van der Waals surface area contributed by atoms with Gasteiger partial charge < -0.3 is 10.1 Å². The number of ketones is 1. The third-order valence-corrected chi connectivity index (χ3v) is 6.26. The minimum absolute atomic E-state index is 0.0967. The Hall–Kier alpha value is -3.71. The number of carbonyl (C=O) groups excluding carboxylic acids is 1. The zero-order valence-electron chi connectivity index (χ0n) is 17.7. The van der Waals surface area contributed by atoms with Gasteiger partial charge in [-0.05, 0) is 56.3 Å². The summed E-state index contributed by atoms with van der Waals surface area (Å²) in [5.74, 6) is 0.486. The average Bonchev–Trinajstić information content (AvgIpc) is 2.78. The molecule has 32 heavy (non-hydrogen) atoms. The summed E-state index contributed by atoms with van der Waals surface area (Å²) in [7, 11) is -3.96. The van der Waals surface area contributed by atoms with Crippen molar-refractivity contribution in [3.05, 3.63) is 101 Å². The lowest BCUT2D eigenvalue weighted by atomic mass is 9.92. The van der Waals surface area contributed by atoms with Gasteiger partial charge in [0.15, 0.2) is 0 Å². The van der Waals surface area contributed by atoms with Gasteiger partial charge in [0.25, 0.3) is 10.0 Å². The highest BCUT2D eigenvalue weighted by Crippen LogP contribution is 2.26. The Bertz CT molecular complexity index is 1320. The number of rotatable bonds is 6. The van der Waals surface area contributed by atoms with Crippen molar-refractivity contribution in [2.75, 3.05) is 11.9 Å². The van der Waals surface area contributed by atoms with Gasteiger partial charge in [0, 0.05) is 16.8 Å². The first-order valence-electron chi connectivity index (χ1n) is 10.1.